The Balaban J connectivity index is 0.000000170. The van der Waals surface area contributed by atoms with Crippen LogP contribution in [-0.2, 0) is 4.57 Å². The van der Waals surface area contributed by atoms with Crippen LogP contribution in [0.15, 0.2) is 41.7 Å². The minimum absolute atomic E-state index is 0.433. The normalized spacial score (nSPS) is 10.2. The van der Waals surface area contributed by atoms with Gasteiger partial charge in [-0.05, 0) is 12.1 Å². The summed E-state index contributed by atoms with van der Waals surface area (Å²) >= 11 is 0. The number of hydrogen-bond acceptors (Lipinski definition) is 6. The standard InChI is InChI=1S/C5H5N5.C4H4O.H3O4P/c6-4-3-5(9-1-7-3)10-2-8-4;1-2-4-5-3-1;1-5(2,3)4/h1-2H,(H3,6,7,8,9,10);1-4H;(H3,1,2,3,4). The third kappa shape index (κ3) is 6.61. The smallest absolute Gasteiger partial charge is 0.466 e. The first-order chi connectivity index (χ1) is 9.38. The fourth-order valence-corrected chi connectivity index (χ4v) is 1.01. The number of nitrogen functional groups attached to an aromatic ring is 1. The van der Waals surface area contributed by atoms with E-state index in [9.17, 15) is 0 Å². The molecule has 3 rings (SSSR count). The Kier molecular flexibility index (Phi) is 5.81. The van der Waals surface area contributed by atoms with Crippen LogP contribution in [0.25, 0.3) is 11.2 Å². The van der Waals surface area contributed by atoms with Gasteiger partial charge in [-0.15, -0.1) is 0 Å². The predicted molar refractivity (Wildman–Crippen MR) is 69.1 cm³/mol. The maximum Gasteiger partial charge on any atom is 0.466 e. The highest BCUT2D eigenvalue weighted by atomic mass is 31.2. The Labute approximate surface area is 112 Å². The van der Waals surface area contributed by atoms with Crippen molar-refractivity contribution in [3.05, 3.63) is 37.3 Å². The molecule has 108 valence electrons. The summed E-state index contributed by atoms with van der Waals surface area (Å²) in [5.74, 6) is 0.433. The largest absolute Gasteiger partial charge is 0.473 e. The van der Waals surface area contributed by atoms with Crippen molar-refractivity contribution >= 4 is 24.8 Å². The second-order valence-corrected chi connectivity index (χ2v) is 4.19. The van der Waals surface area contributed by atoms with Crippen LogP contribution in [0.2, 0.25) is 0 Å². The van der Waals surface area contributed by atoms with Crippen molar-refractivity contribution in [2.24, 2.45) is 0 Å². The molecule has 11 heteroatoms. The summed E-state index contributed by atoms with van der Waals surface area (Å²) in [7, 11) is -4.64. The predicted octanol–water partition coefficient (Wildman–Crippen LogP) is 0.286. The van der Waals surface area contributed by atoms with Crippen molar-refractivity contribution in [3.63, 3.8) is 0 Å². The topological polar surface area (TPSA) is 171 Å². The number of hydrogen-bond donors (Lipinski definition) is 5. The van der Waals surface area contributed by atoms with Gasteiger partial charge in [0.1, 0.15) is 11.8 Å². The van der Waals surface area contributed by atoms with Crippen molar-refractivity contribution < 1.29 is 23.7 Å². The van der Waals surface area contributed by atoms with Crippen molar-refractivity contribution in [3.8, 4) is 0 Å². The first-order valence-electron chi connectivity index (χ1n) is 5.03. The first-order valence-corrected chi connectivity index (χ1v) is 6.59. The lowest BCUT2D eigenvalue weighted by Crippen LogP contribution is -1.91. The molecule has 0 aliphatic heterocycles. The number of imidazole rings is 1. The lowest BCUT2D eigenvalue weighted by molar-refractivity contribution is 0.275. The highest BCUT2D eigenvalue weighted by molar-refractivity contribution is 7.45. The average molecular weight is 301 g/mol. The summed E-state index contributed by atoms with van der Waals surface area (Å²) in [6, 6.07) is 3.67. The van der Waals surface area contributed by atoms with E-state index in [0.29, 0.717) is 17.0 Å². The van der Waals surface area contributed by atoms with E-state index in [1.807, 2.05) is 12.1 Å². The maximum absolute atomic E-state index is 8.88. The van der Waals surface area contributed by atoms with E-state index in [1.54, 1.807) is 12.5 Å². The third-order valence-corrected chi connectivity index (χ3v) is 1.68. The van der Waals surface area contributed by atoms with Crippen LogP contribution < -0.4 is 5.73 Å². The molecule has 0 aromatic carbocycles. The number of nitrogens with zero attached hydrogens (tertiary/aromatic N) is 3. The maximum atomic E-state index is 8.88. The minimum atomic E-state index is -4.64. The fraction of sp³-hybridized carbons (Fsp3) is 0. The Morgan fingerprint density at radius 3 is 2.20 bits per heavy atom. The van der Waals surface area contributed by atoms with Crippen molar-refractivity contribution in [2.75, 3.05) is 5.73 Å². The number of phosphoric acid groups is 1. The Bertz CT molecular complexity index is 639. The molecule has 3 aromatic rings. The van der Waals surface area contributed by atoms with Gasteiger partial charge in [0.05, 0.1) is 18.9 Å². The molecule has 3 aromatic heterocycles. The molecule has 0 aliphatic carbocycles. The van der Waals surface area contributed by atoms with Gasteiger partial charge in [0.2, 0.25) is 0 Å². The van der Waals surface area contributed by atoms with Crippen molar-refractivity contribution in [1.29, 1.82) is 0 Å². The first kappa shape index (κ1) is 15.8. The van der Waals surface area contributed by atoms with Gasteiger partial charge in [-0.3, -0.25) is 0 Å². The lowest BCUT2D eigenvalue weighted by atomic mass is 10.5. The molecule has 0 saturated carbocycles. The molecule has 0 bridgehead atoms. The zero-order valence-electron chi connectivity index (χ0n) is 9.99. The van der Waals surface area contributed by atoms with Gasteiger partial charge in [-0.2, -0.15) is 0 Å². The highest BCUT2D eigenvalue weighted by Gasteiger charge is 2.00. The number of furan rings is 1. The number of nitrogens with one attached hydrogen (secondary N) is 1. The van der Waals surface area contributed by atoms with Gasteiger partial charge in [-0.1, -0.05) is 0 Å². The SMILES string of the molecule is Nc1ncnc2nc[nH]c12.O=P(O)(O)O.c1ccoc1. The van der Waals surface area contributed by atoms with E-state index < -0.39 is 7.82 Å². The Morgan fingerprint density at radius 1 is 1.15 bits per heavy atom. The molecule has 0 spiro atoms. The van der Waals surface area contributed by atoms with Crippen LogP contribution in [0.1, 0.15) is 0 Å². The number of rotatable bonds is 0. The Hall–Kier alpha value is -2.26. The summed E-state index contributed by atoms with van der Waals surface area (Å²) in [6.07, 6.45) is 6.17. The summed E-state index contributed by atoms with van der Waals surface area (Å²) in [5, 5.41) is 0. The number of fused-ring (bicyclic) bond motifs is 1. The van der Waals surface area contributed by atoms with E-state index in [1.165, 1.54) is 12.7 Å². The van der Waals surface area contributed by atoms with Gasteiger partial charge < -0.3 is 29.8 Å². The van der Waals surface area contributed by atoms with Crippen LogP contribution in [0.3, 0.4) is 0 Å². The summed E-state index contributed by atoms with van der Waals surface area (Å²) in [5.41, 5.74) is 6.78. The van der Waals surface area contributed by atoms with Gasteiger partial charge in [0.15, 0.2) is 11.5 Å². The van der Waals surface area contributed by atoms with Gasteiger partial charge in [0.25, 0.3) is 0 Å². The molecule has 0 saturated heterocycles. The molecule has 0 amide bonds. The van der Waals surface area contributed by atoms with Crippen LogP contribution in [0.4, 0.5) is 5.82 Å². The molecular formula is C9H12N5O5P. The molecule has 0 atom stereocenters. The number of H-pyrrole nitrogens is 1. The van der Waals surface area contributed by atoms with E-state index in [2.05, 4.69) is 24.4 Å². The molecule has 0 fully saturated rings. The van der Waals surface area contributed by atoms with Gasteiger partial charge in [-0.25, -0.2) is 19.5 Å². The van der Waals surface area contributed by atoms with Gasteiger partial charge >= 0.3 is 7.82 Å². The van der Waals surface area contributed by atoms with Crippen LogP contribution in [0.5, 0.6) is 0 Å². The molecular weight excluding hydrogens is 289 g/mol. The number of aromatic amines is 1. The molecule has 0 aliphatic rings. The molecule has 6 N–H and O–H groups in total. The van der Waals surface area contributed by atoms with E-state index in [4.69, 9.17) is 25.0 Å². The number of anilines is 1. The van der Waals surface area contributed by atoms with Crippen LogP contribution >= 0.6 is 7.82 Å². The average Bonchev–Trinajstić information content (AvgIpc) is 3.02. The van der Waals surface area contributed by atoms with Crippen LogP contribution in [0, 0.1) is 0 Å². The fourth-order valence-electron chi connectivity index (χ4n) is 1.01. The molecule has 0 unspecified atom stereocenters. The van der Waals surface area contributed by atoms with E-state index in [0.717, 1.165) is 0 Å². The molecule has 20 heavy (non-hydrogen) atoms. The van der Waals surface area contributed by atoms with Crippen LogP contribution in [-0.4, -0.2) is 34.6 Å². The monoisotopic (exact) mass is 301 g/mol. The summed E-state index contributed by atoms with van der Waals surface area (Å²) < 4.78 is 13.5. The molecule has 0 radical (unpaired) electrons. The highest BCUT2D eigenvalue weighted by Crippen LogP contribution is 2.25. The lowest BCUT2D eigenvalue weighted by Gasteiger charge is -1.89. The third-order valence-electron chi connectivity index (χ3n) is 1.68. The zero-order valence-corrected chi connectivity index (χ0v) is 10.9. The summed E-state index contributed by atoms with van der Waals surface area (Å²) in [4.78, 5) is 35.9. The minimum Gasteiger partial charge on any atom is -0.473 e. The van der Waals surface area contributed by atoms with E-state index >= 15 is 0 Å². The zero-order chi connectivity index (χ0) is 15.0. The Morgan fingerprint density at radius 2 is 1.75 bits per heavy atom. The van der Waals surface area contributed by atoms with Gasteiger partial charge in [0, 0.05) is 0 Å². The van der Waals surface area contributed by atoms with E-state index in [-0.39, 0.29) is 0 Å². The second kappa shape index (κ2) is 7.36. The molecule has 3 heterocycles. The van der Waals surface area contributed by atoms with Crippen molar-refractivity contribution in [2.45, 2.75) is 0 Å². The summed E-state index contributed by atoms with van der Waals surface area (Å²) in [6.45, 7) is 0. The second-order valence-electron chi connectivity index (χ2n) is 3.17. The molecule has 10 nitrogen and oxygen atoms in total. The quantitative estimate of drug-likeness (QED) is 0.366. The number of nitrogens with two attached hydrogens (primary N) is 1. The van der Waals surface area contributed by atoms with Crippen molar-refractivity contribution in [1.82, 2.24) is 19.9 Å². The number of aromatic nitrogens is 4.